The lowest BCUT2D eigenvalue weighted by atomic mass is 9.90. The van der Waals surface area contributed by atoms with Crippen LogP contribution in [0.3, 0.4) is 0 Å². The first-order valence-electron chi connectivity index (χ1n) is 9.78. The van der Waals surface area contributed by atoms with Crippen LogP contribution in [0.15, 0.2) is 66.5 Å². The molecule has 1 unspecified atom stereocenters. The van der Waals surface area contributed by atoms with Crippen molar-refractivity contribution in [2.45, 2.75) is 42.9 Å². The molecule has 1 amide bonds. The van der Waals surface area contributed by atoms with Crippen molar-refractivity contribution in [1.82, 2.24) is 19.2 Å². The molecule has 7 nitrogen and oxygen atoms in total. The Bertz CT molecular complexity index is 982. The number of piperidine rings is 1. The summed E-state index contributed by atoms with van der Waals surface area (Å²) in [6, 6.07) is 9.35. The van der Waals surface area contributed by atoms with Crippen molar-refractivity contribution in [3.05, 3.63) is 67.1 Å². The predicted molar refractivity (Wildman–Crippen MR) is 108 cm³/mol. The predicted octanol–water partition coefficient (Wildman–Crippen LogP) is 2.23. The largest absolute Gasteiger partial charge is 0.335 e. The second-order valence-corrected chi connectivity index (χ2v) is 9.25. The molecule has 2 aliphatic rings. The fraction of sp³-hybridized carbons (Fsp3) is 0.381. The minimum Gasteiger partial charge on any atom is -0.335 e. The molecule has 2 fully saturated rings. The average molecular weight is 413 g/mol. The van der Waals surface area contributed by atoms with E-state index in [0.29, 0.717) is 25.9 Å². The van der Waals surface area contributed by atoms with Gasteiger partial charge in [0, 0.05) is 30.9 Å². The molecule has 29 heavy (non-hydrogen) atoms. The standard InChI is InChI=1S/C21H24N4O3S/c1-2-16-14-24(15-17-8-3-5-12-22-17)21(26)19-10-7-9-18(16)25(19)29(27,28)20-11-4-6-13-23-20/h2-6,8,11-13,16,18-19H,1,7,9-10,14-15H2/t16-,18-,19?/m0/s1. The molecule has 0 aromatic carbocycles. The molecular formula is C21H24N4O3S. The first-order valence-corrected chi connectivity index (χ1v) is 11.2. The van der Waals surface area contributed by atoms with Gasteiger partial charge in [-0.1, -0.05) is 18.2 Å². The monoisotopic (exact) mass is 412 g/mol. The van der Waals surface area contributed by atoms with Crippen molar-refractivity contribution in [2.75, 3.05) is 6.54 Å². The van der Waals surface area contributed by atoms with Gasteiger partial charge in [-0.2, -0.15) is 4.31 Å². The summed E-state index contributed by atoms with van der Waals surface area (Å²) in [5, 5.41) is -0.0225. The Balaban J connectivity index is 1.74. The number of nitrogens with zero attached hydrogens (tertiary/aromatic N) is 4. The Kier molecular flexibility index (Phi) is 5.47. The zero-order valence-corrected chi connectivity index (χ0v) is 16.9. The highest BCUT2D eigenvalue weighted by molar-refractivity contribution is 7.89. The molecule has 8 heteroatoms. The number of fused-ring (bicyclic) bond motifs is 2. The quantitative estimate of drug-likeness (QED) is 0.704. The number of amides is 1. The lowest BCUT2D eigenvalue weighted by molar-refractivity contribution is -0.135. The number of carbonyl (C=O) groups is 1. The van der Waals surface area contributed by atoms with E-state index in [9.17, 15) is 13.2 Å². The molecule has 0 aliphatic carbocycles. The molecule has 2 bridgehead atoms. The molecule has 4 heterocycles. The van der Waals surface area contributed by atoms with E-state index in [1.807, 2.05) is 18.2 Å². The van der Waals surface area contributed by atoms with E-state index in [4.69, 9.17) is 0 Å². The van der Waals surface area contributed by atoms with Crippen molar-refractivity contribution >= 4 is 15.9 Å². The highest BCUT2D eigenvalue weighted by Gasteiger charge is 2.49. The molecule has 2 aromatic heterocycles. The van der Waals surface area contributed by atoms with Crippen LogP contribution in [0.4, 0.5) is 0 Å². The van der Waals surface area contributed by atoms with E-state index in [-0.39, 0.29) is 22.9 Å². The number of sulfonamides is 1. The van der Waals surface area contributed by atoms with Gasteiger partial charge in [-0.3, -0.25) is 9.78 Å². The van der Waals surface area contributed by atoms with Crippen LogP contribution in [0.2, 0.25) is 0 Å². The molecule has 2 aliphatic heterocycles. The summed E-state index contributed by atoms with van der Waals surface area (Å²) in [4.78, 5) is 23.6. The summed E-state index contributed by atoms with van der Waals surface area (Å²) in [5.74, 6) is -0.337. The minimum absolute atomic E-state index is 0.0225. The van der Waals surface area contributed by atoms with Crippen molar-refractivity contribution in [1.29, 1.82) is 0 Å². The van der Waals surface area contributed by atoms with Gasteiger partial charge < -0.3 is 4.90 Å². The fourth-order valence-electron chi connectivity index (χ4n) is 4.33. The van der Waals surface area contributed by atoms with Gasteiger partial charge >= 0.3 is 0 Å². The van der Waals surface area contributed by atoms with E-state index in [0.717, 1.165) is 12.1 Å². The highest BCUT2D eigenvalue weighted by atomic mass is 32.2. The van der Waals surface area contributed by atoms with E-state index in [1.54, 1.807) is 29.3 Å². The maximum atomic E-state index is 13.5. The van der Waals surface area contributed by atoms with Crippen LogP contribution in [0.25, 0.3) is 0 Å². The van der Waals surface area contributed by atoms with Gasteiger partial charge in [0.1, 0.15) is 6.04 Å². The smallest absolute Gasteiger partial charge is 0.261 e. The number of hydrogen-bond acceptors (Lipinski definition) is 5. The number of pyridine rings is 2. The Labute approximate surface area is 171 Å². The van der Waals surface area contributed by atoms with Crippen molar-refractivity contribution in [3.63, 3.8) is 0 Å². The minimum atomic E-state index is -3.91. The molecular weight excluding hydrogens is 388 g/mol. The Morgan fingerprint density at radius 1 is 1.10 bits per heavy atom. The topological polar surface area (TPSA) is 83.5 Å². The molecule has 152 valence electrons. The summed E-state index contributed by atoms with van der Waals surface area (Å²) in [7, 11) is -3.91. The summed E-state index contributed by atoms with van der Waals surface area (Å²) < 4.78 is 28.4. The molecule has 0 radical (unpaired) electrons. The van der Waals surface area contributed by atoms with Crippen LogP contribution >= 0.6 is 0 Å². The molecule has 2 saturated heterocycles. The van der Waals surface area contributed by atoms with E-state index in [1.165, 1.54) is 16.6 Å². The number of rotatable bonds is 5. The third-order valence-electron chi connectivity index (χ3n) is 5.70. The first-order chi connectivity index (χ1) is 14.0. The van der Waals surface area contributed by atoms with Crippen molar-refractivity contribution in [3.8, 4) is 0 Å². The lowest BCUT2D eigenvalue weighted by Crippen LogP contribution is -2.54. The maximum Gasteiger partial charge on any atom is 0.261 e. The Morgan fingerprint density at radius 2 is 1.86 bits per heavy atom. The number of aromatic nitrogens is 2. The fourth-order valence-corrected chi connectivity index (χ4v) is 6.14. The van der Waals surface area contributed by atoms with Crippen molar-refractivity contribution in [2.24, 2.45) is 5.92 Å². The number of carbonyl (C=O) groups excluding carboxylic acids is 1. The van der Waals surface area contributed by atoms with Gasteiger partial charge in [0.15, 0.2) is 5.03 Å². The third-order valence-corrected chi connectivity index (χ3v) is 7.55. The van der Waals surface area contributed by atoms with E-state index < -0.39 is 16.1 Å². The second kappa shape index (κ2) is 8.04. The van der Waals surface area contributed by atoms with Crippen LogP contribution in [0.1, 0.15) is 25.0 Å². The Hall–Kier alpha value is -2.58. The molecule has 0 N–H and O–H groups in total. The summed E-state index contributed by atoms with van der Waals surface area (Å²) in [6.45, 7) is 4.72. The summed E-state index contributed by atoms with van der Waals surface area (Å²) >= 11 is 0. The van der Waals surface area contributed by atoms with Crippen LogP contribution in [0, 0.1) is 5.92 Å². The van der Waals surface area contributed by atoms with Crippen molar-refractivity contribution < 1.29 is 13.2 Å². The van der Waals surface area contributed by atoms with Crippen LogP contribution in [-0.2, 0) is 21.4 Å². The maximum absolute atomic E-state index is 13.5. The van der Waals surface area contributed by atoms with Gasteiger partial charge in [-0.25, -0.2) is 13.4 Å². The second-order valence-electron chi connectivity index (χ2n) is 7.46. The Morgan fingerprint density at radius 3 is 2.52 bits per heavy atom. The highest BCUT2D eigenvalue weighted by Crippen LogP contribution is 2.37. The normalized spacial score (nSPS) is 25.4. The van der Waals surface area contributed by atoms with Crippen LogP contribution < -0.4 is 0 Å². The molecule has 3 atom stereocenters. The van der Waals surface area contributed by atoms with Gasteiger partial charge in [0.25, 0.3) is 10.0 Å². The van der Waals surface area contributed by atoms with Crippen LogP contribution in [0.5, 0.6) is 0 Å². The van der Waals surface area contributed by atoms with E-state index >= 15 is 0 Å². The molecule has 0 spiro atoms. The SMILES string of the molecule is C=C[C@H]1CN(Cc2ccccn2)C(=O)C2CCC[C@@H]1N2S(=O)(=O)c1ccccn1. The molecule has 2 aromatic rings. The molecule has 0 saturated carbocycles. The third kappa shape index (κ3) is 3.70. The van der Waals surface area contributed by atoms with E-state index in [2.05, 4.69) is 16.5 Å². The summed E-state index contributed by atoms with van der Waals surface area (Å²) in [6.07, 6.45) is 6.93. The first kappa shape index (κ1) is 19.7. The van der Waals surface area contributed by atoms with Gasteiger partial charge in [-0.05, 0) is 43.5 Å². The average Bonchev–Trinajstić information content (AvgIpc) is 2.82. The number of hydrogen-bond donors (Lipinski definition) is 0. The van der Waals surface area contributed by atoms with Crippen LogP contribution in [-0.4, -0.2) is 52.1 Å². The lowest BCUT2D eigenvalue weighted by Gasteiger charge is -2.39. The van der Waals surface area contributed by atoms with Gasteiger partial charge in [0.05, 0.1) is 12.2 Å². The zero-order valence-electron chi connectivity index (χ0n) is 16.1. The molecule has 4 rings (SSSR count). The summed E-state index contributed by atoms with van der Waals surface area (Å²) in [5.41, 5.74) is 0.777. The zero-order chi connectivity index (χ0) is 20.4. The van der Waals surface area contributed by atoms with Gasteiger partial charge in [-0.15, -0.1) is 6.58 Å². The van der Waals surface area contributed by atoms with Gasteiger partial charge in [0.2, 0.25) is 5.91 Å².